The second kappa shape index (κ2) is 11.9. The molecule has 5 nitrogen and oxygen atoms in total. The van der Waals surface area contributed by atoms with Crippen molar-refractivity contribution in [3.63, 3.8) is 0 Å². The average molecular weight is 475 g/mol. The molecule has 0 aliphatic heterocycles. The van der Waals surface area contributed by atoms with Crippen LogP contribution in [0.1, 0.15) is 42.1 Å². The lowest BCUT2D eigenvalue weighted by atomic mass is 10.1. The van der Waals surface area contributed by atoms with E-state index in [1.165, 1.54) is 11.6 Å². The second-order valence-electron chi connectivity index (χ2n) is 7.81. The number of ether oxygens (including phenoxy) is 2. The summed E-state index contributed by atoms with van der Waals surface area (Å²) in [7, 11) is 0. The molecule has 3 rings (SSSR count). The minimum atomic E-state index is -0.465. The molecule has 1 atom stereocenters. The van der Waals surface area contributed by atoms with E-state index in [0.717, 1.165) is 11.1 Å². The first-order valence-electron chi connectivity index (χ1n) is 11.0. The molecule has 0 aliphatic rings. The second-order valence-corrected chi connectivity index (χ2v) is 8.22. The third-order valence-corrected chi connectivity index (χ3v) is 5.44. The maximum atomic E-state index is 12.7. The minimum Gasteiger partial charge on any atom is -0.490 e. The van der Waals surface area contributed by atoms with Gasteiger partial charge >= 0.3 is 0 Å². The Balaban J connectivity index is 1.81. The quantitative estimate of drug-likeness (QED) is 0.287. The van der Waals surface area contributed by atoms with Crippen LogP contribution in [0.25, 0.3) is 6.08 Å². The van der Waals surface area contributed by atoms with Crippen LogP contribution in [-0.4, -0.2) is 12.5 Å². The standard InChI is InChI=1S/C28H27ClN2O3/c1-4-33-26-16-22(15-25(29)27(26)34-18-21-12-10-19(2)11-13-21)14-24(17-30)28(32)31-20(3)23-8-6-5-7-9-23/h5-16,20H,4,18H2,1-3H3,(H,31,32)/b24-14-/t20-/m1/s1. The Bertz CT molecular complexity index is 1200. The van der Waals surface area contributed by atoms with Crippen LogP contribution in [0.15, 0.2) is 72.3 Å². The zero-order valence-corrected chi connectivity index (χ0v) is 20.2. The van der Waals surface area contributed by atoms with E-state index < -0.39 is 5.91 Å². The molecule has 1 N–H and O–H groups in total. The molecule has 6 heteroatoms. The first-order valence-corrected chi connectivity index (χ1v) is 11.4. The van der Waals surface area contributed by atoms with E-state index in [9.17, 15) is 10.1 Å². The van der Waals surface area contributed by atoms with Gasteiger partial charge < -0.3 is 14.8 Å². The van der Waals surface area contributed by atoms with Crippen molar-refractivity contribution in [1.82, 2.24) is 5.32 Å². The maximum Gasteiger partial charge on any atom is 0.262 e. The number of rotatable bonds is 9. The van der Waals surface area contributed by atoms with Crippen molar-refractivity contribution >= 4 is 23.6 Å². The minimum absolute atomic E-state index is 0.0328. The van der Waals surface area contributed by atoms with Crippen LogP contribution in [0.4, 0.5) is 0 Å². The number of halogens is 1. The van der Waals surface area contributed by atoms with Crippen LogP contribution in [-0.2, 0) is 11.4 Å². The largest absolute Gasteiger partial charge is 0.490 e. The van der Waals surface area contributed by atoms with Crippen molar-refractivity contribution in [3.8, 4) is 17.6 Å². The summed E-state index contributed by atoms with van der Waals surface area (Å²) in [4.78, 5) is 12.7. The Morgan fingerprint density at radius 1 is 1.12 bits per heavy atom. The third kappa shape index (κ3) is 6.63. The van der Waals surface area contributed by atoms with Crippen LogP contribution in [0.2, 0.25) is 5.02 Å². The molecule has 34 heavy (non-hydrogen) atoms. The number of carbonyl (C=O) groups excluding carboxylic acids is 1. The summed E-state index contributed by atoms with van der Waals surface area (Å²) >= 11 is 6.51. The molecule has 0 aliphatic carbocycles. The summed E-state index contributed by atoms with van der Waals surface area (Å²) in [5.74, 6) is 0.401. The van der Waals surface area contributed by atoms with E-state index in [1.54, 1.807) is 12.1 Å². The fourth-order valence-electron chi connectivity index (χ4n) is 3.33. The van der Waals surface area contributed by atoms with E-state index in [2.05, 4.69) is 5.32 Å². The van der Waals surface area contributed by atoms with Gasteiger partial charge in [-0.1, -0.05) is 71.8 Å². The van der Waals surface area contributed by atoms with E-state index in [-0.39, 0.29) is 11.6 Å². The first kappa shape index (κ1) is 24.9. The number of nitriles is 1. The molecule has 0 fully saturated rings. The van der Waals surface area contributed by atoms with Gasteiger partial charge in [-0.3, -0.25) is 4.79 Å². The van der Waals surface area contributed by atoms with Gasteiger partial charge in [0.05, 0.1) is 17.7 Å². The van der Waals surface area contributed by atoms with E-state index in [4.69, 9.17) is 21.1 Å². The number of aryl methyl sites for hydroxylation is 1. The third-order valence-electron chi connectivity index (χ3n) is 5.16. The lowest BCUT2D eigenvalue weighted by molar-refractivity contribution is -0.117. The molecular formula is C28H27ClN2O3. The molecule has 174 valence electrons. The van der Waals surface area contributed by atoms with Gasteiger partial charge in [-0.2, -0.15) is 5.26 Å². The Morgan fingerprint density at radius 2 is 1.82 bits per heavy atom. The zero-order valence-electron chi connectivity index (χ0n) is 19.5. The first-order chi connectivity index (χ1) is 16.4. The Hall–Kier alpha value is -3.75. The monoisotopic (exact) mass is 474 g/mol. The molecule has 0 heterocycles. The van der Waals surface area contributed by atoms with Gasteiger partial charge in [0.25, 0.3) is 5.91 Å². The number of benzene rings is 3. The van der Waals surface area contributed by atoms with Gasteiger partial charge in [0.2, 0.25) is 0 Å². The molecular weight excluding hydrogens is 448 g/mol. The topological polar surface area (TPSA) is 71.3 Å². The van der Waals surface area contributed by atoms with Gasteiger partial charge in [0.15, 0.2) is 11.5 Å². The van der Waals surface area contributed by atoms with Crippen molar-refractivity contribution in [2.24, 2.45) is 0 Å². The summed E-state index contributed by atoms with van der Waals surface area (Å²) in [5, 5.41) is 12.8. The molecule has 0 radical (unpaired) electrons. The van der Waals surface area contributed by atoms with Gasteiger partial charge in [-0.15, -0.1) is 0 Å². The zero-order chi connectivity index (χ0) is 24.5. The SMILES string of the molecule is CCOc1cc(/C=C(/C#N)C(=O)N[C@H](C)c2ccccc2)cc(Cl)c1OCc1ccc(C)cc1. The normalized spacial score (nSPS) is 11.9. The van der Waals surface area contributed by atoms with Crippen LogP contribution in [0.5, 0.6) is 11.5 Å². The lowest BCUT2D eigenvalue weighted by Gasteiger charge is -2.15. The molecule has 0 spiro atoms. The number of nitrogens with zero attached hydrogens (tertiary/aromatic N) is 1. The number of amides is 1. The van der Waals surface area contributed by atoms with Gasteiger partial charge in [0.1, 0.15) is 18.2 Å². The molecule has 0 saturated heterocycles. The Morgan fingerprint density at radius 3 is 2.47 bits per heavy atom. The summed E-state index contributed by atoms with van der Waals surface area (Å²) in [6, 6.07) is 22.7. The number of nitrogens with one attached hydrogen (secondary N) is 1. The molecule has 3 aromatic carbocycles. The van der Waals surface area contributed by atoms with Crippen LogP contribution >= 0.6 is 11.6 Å². The van der Waals surface area contributed by atoms with Crippen molar-refractivity contribution in [2.45, 2.75) is 33.4 Å². The number of hydrogen-bond acceptors (Lipinski definition) is 4. The van der Waals surface area contributed by atoms with E-state index in [1.807, 2.05) is 81.4 Å². The van der Waals surface area contributed by atoms with Crippen molar-refractivity contribution < 1.29 is 14.3 Å². The van der Waals surface area contributed by atoms with Crippen LogP contribution < -0.4 is 14.8 Å². The van der Waals surface area contributed by atoms with E-state index in [0.29, 0.717) is 35.3 Å². The highest BCUT2D eigenvalue weighted by atomic mass is 35.5. The van der Waals surface area contributed by atoms with Crippen molar-refractivity contribution in [2.75, 3.05) is 6.61 Å². The highest BCUT2D eigenvalue weighted by Gasteiger charge is 2.16. The number of carbonyl (C=O) groups is 1. The molecule has 0 bridgehead atoms. The molecule has 0 aromatic heterocycles. The molecule has 0 saturated carbocycles. The van der Waals surface area contributed by atoms with Gasteiger partial charge in [0, 0.05) is 0 Å². The van der Waals surface area contributed by atoms with Gasteiger partial charge in [-0.05, 0) is 55.7 Å². The summed E-state index contributed by atoms with van der Waals surface area (Å²) in [6.45, 7) is 6.49. The summed E-state index contributed by atoms with van der Waals surface area (Å²) < 4.78 is 11.7. The van der Waals surface area contributed by atoms with E-state index >= 15 is 0 Å². The molecule has 1 amide bonds. The number of hydrogen-bond donors (Lipinski definition) is 1. The van der Waals surface area contributed by atoms with Crippen LogP contribution in [0, 0.1) is 18.3 Å². The fourth-order valence-corrected chi connectivity index (χ4v) is 3.60. The predicted octanol–water partition coefficient (Wildman–Crippen LogP) is 6.41. The van der Waals surface area contributed by atoms with Gasteiger partial charge in [-0.25, -0.2) is 0 Å². The Labute approximate surface area is 205 Å². The smallest absolute Gasteiger partial charge is 0.262 e. The predicted molar refractivity (Wildman–Crippen MR) is 135 cm³/mol. The summed E-state index contributed by atoms with van der Waals surface area (Å²) in [5.41, 5.74) is 3.65. The Kier molecular flexibility index (Phi) is 8.73. The highest BCUT2D eigenvalue weighted by Crippen LogP contribution is 2.38. The molecule has 3 aromatic rings. The van der Waals surface area contributed by atoms with Crippen LogP contribution in [0.3, 0.4) is 0 Å². The maximum absolute atomic E-state index is 12.7. The lowest BCUT2D eigenvalue weighted by Crippen LogP contribution is -2.27. The molecule has 0 unspecified atom stereocenters. The highest BCUT2D eigenvalue weighted by molar-refractivity contribution is 6.32. The average Bonchev–Trinajstić information content (AvgIpc) is 2.83. The fraction of sp³-hybridized carbons (Fsp3) is 0.214. The van der Waals surface area contributed by atoms with Crippen molar-refractivity contribution in [3.05, 3.63) is 99.6 Å². The van der Waals surface area contributed by atoms with Crippen molar-refractivity contribution in [1.29, 1.82) is 5.26 Å². The summed E-state index contributed by atoms with van der Waals surface area (Å²) in [6.07, 6.45) is 1.49.